The number of nitrogens with zero attached hydrogens (tertiary/aromatic N) is 3. The first kappa shape index (κ1) is 13.8. The van der Waals surface area contributed by atoms with Crippen LogP contribution in [0.1, 0.15) is 25.0 Å². The molecule has 3 aromatic rings. The summed E-state index contributed by atoms with van der Waals surface area (Å²) in [6.07, 6.45) is 2.00. The van der Waals surface area contributed by atoms with Crippen LogP contribution in [0, 0.1) is 18.3 Å². The lowest BCUT2D eigenvalue weighted by atomic mass is 10.2. The lowest BCUT2D eigenvalue weighted by Crippen LogP contribution is -1.93. The quantitative estimate of drug-likeness (QED) is 0.659. The van der Waals surface area contributed by atoms with Crippen molar-refractivity contribution < 1.29 is 0 Å². The van der Waals surface area contributed by atoms with Crippen molar-refractivity contribution in [1.82, 2.24) is 9.78 Å². The lowest BCUT2D eigenvalue weighted by Gasteiger charge is -1.99. The predicted molar refractivity (Wildman–Crippen MR) is 81.9 cm³/mol. The number of fused-ring (bicyclic) bond motifs is 1. The molecule has 0 spiro atoms. The highest BCUT2D eigenvalue weighted by molar-refractivity contribution is 5.79. The smallest absolute Gasteiger partial charge is 0.0991 e. The summed E-state index contributed by atoms with van der Waals surface area (Å²) in [6.45, 7) is 6.06. The molecule has 0 radical (unpaired) electrons. The topological polar surface area (TPSA) is 41.6 Å². The number of hydrogen-bond donors (Lipinski definition) is 0. The maximum Gasteiger partial charge on any atom is 0.0991 e. The van der Waals surface area contributed by atoms with Crippen molar-refractivity contribution >= 4 is 10.9 Å². The Labute approximate surface area is 119 Å². The zero-order valence-corrected chi connectivity index (χ0v) is 12.0. The number of hydrogen-bond acceptors (Lipinski definition) is 2. The largest absolute Gasteiger partial charge is 0.240 e. The van der Waals surface area contributed by atoms with Gasteiger partial charge in [0.15, 0.2) is 0 Å². The summed E-state index contributed by atoms with van der Waals surface area (Å²) < 4.78 is 1.84. The van der Waals surface area contributed by atoms with E-state index >= 15 is 0 Å². The van der Waals surface area contributed by atoms with Crippen LogP contribution < -0.4 is 0 Å². The van der Waals surface area contributed by atoms with Gasteiger partial charge in [-0.1, -0.05) is 26.0 Å². The molecular weight excluding hydrogens is 246 g/mol. The fourth-order valence-corrected chi connectivity index (χ4v) is 1.95. The third-order valence-corrected chi connectivity index (χ3v) is 2.92. The summed E-state index contributed by atoms with van der Waals surface area (Å²) in [6, 6.07) is 15.7. The summed E-state index contributed by atoms with van der Waals surface area (Å²) >= 11 is 0. The molecule has 2 aromatic carbocycles. The van der Waals surface area contributed by atoms with Crippen molar-refractivity contribution in [3.63, 3.8) is 0 Å². The minimum Gasteiger partial charge on any atom is -0.240 e. The maximum atomic E-state index is 8.77. The second-order valence-corrected chi connectivity index (χ2v) is 4.29. The van der Waals surface area contributed by atoms with Crippen LogP contribution in [0.2, 0.25) is 0 Å². The first-order chi connectivity index (χ1) is 9.76. The Morgan fingerprint density at radius 3 is 2.40 bits per heavy atom. The van der Waals surface area contributed by atoms with E-state index in [0.717, 1.165) is 16.6 Å². The molecule has 0 saturated heterocycles. The molecule has 1 heterocycles. The van der Waals surface area contributed by atoms with E-state index in [4.69, 9.17) is 5.26 Å². The van der Waals surface area contributed by atoms with Crippen LogP contribution in [0.4, 0.5) is 0 Å². The molecule has 3 nitrogen and oxygen atoms in total. The number of aromatic nitrogens is 2. The van der Waals surface area contributed by atoms with E-state index in [1.54, 1.807) is 12.1 Å². The minimum atomic E-state index is 0.659. The molecule has 0 atom stereocenters. The Bertz CT molecular complexity index is 746. The van der Waals surface area contributed by atoms with E-state index < -0.39 is 0 Å². The molecule has 0 aliphatic carbocycles. The molecule has 0 aliphatic rings. The summed E-state index contributed by atoms with van der Waals surface area (Å²) in [5.74, 6) is 0. The standard InChI is InChI=1S/C15H11N3.C2H6/c1-11-2-5-13-10-18(17-15(13)8-11)14-6-3-12(9-16)4-7-14;1-2/h2-8,10H,1H3;1-2H3. The molecule has 0 saturated carbocycles. The maximum absolute atomic E-state index is 8.77. The number of nitriles is 1. The Balaban J connectivity index is 0.000000704. The first-order valence-electron chi connectivity index (χ1n) is 6.73. The molecule has 0 unspecified atom stereocenters. The second-order valence-electron chi connectivity index (χ2n) is 4.29. The van der Waals surface area contributed by atoms with E-state index in [2.05, 4.69) is 36.3 Å². The van der Waals surface area contributed by atoms with Crippen LogP contribution >= 0.6 is 0 Å². The molecule has 0 bridgehead atoms. The molecule has 0 amide bonds. The van der Waals surface area contributed by atoms with Crippen molar-refractivity contribution in [2.24, 2.45) is 0 Å². The third-order valence-electron chi connectivity index (χ3n) is 2.92. The van der Waals surface area contributed by atoms with Gasteiger partial charge < -0.3 is 0 Å². The molecule has 100 valence electrons. The van der Waals surface area contributed by atoms with Gasteiger partial charge in [0, 0.05) is 11.6 Å². The van der Waals surface area contributed by atoms with E-state index in [0.29, 0.717) is 5.56 Å². The van der Waals surface area contributed by atoms with Gasteiger partial charge in [-0.3, -0.25) is 0 Å². The molecule has 3 heteroatoms. The van der Waals surface area contributed by atoms with Crippen LogP contribution in [0.3, 0.4) is 0 Å². The average Bonchev–Trinajstić information content (AvgIpc) is 2.92. The van der Waals surface area contributed by atoms with Gasteiger partial charge >= 0.3 is 0 Å². The monoisotopic (exact) mass is 263 g/mol. The number of rotatable bonds is 1. The van der Waals surface area contributed by atoms with E-state index in [-0.39, 0.29) is 0 Å². The van der Waals surface area contributed by atoms with Crippen LogP contribution in [-0.2, 0) is 0 Å². The second kappa shape index (κ2) is 6.03. The number of aryl methyl sites for hydroxylation is 1. The van der Waals surface area contributed by atoms with Crippen molar-refractivity contribution in [3.8, 4) is 11.8 Å². The Morgan fingerprint density at radius 1 is 1.05 bits per heavy atom. The van der Waals surface area contributed by atoms with Gasteiger partial charge in [0.05, 0.1) is 22.8 Å². The zero-order chi connectivity index (χ0) is 14.5. The molecule has 3 rings (SSSR count). The highest BCUT2D eigenvalue weighted by atomic mass is 15.3. The van der Waals surface area contributed by atoms with E-state index in [1.165, 1.54) is 5.56 Å². The normalized spacial score (nSPS) is 9.70. The third kappa shape index (κ3) is 2.70. The summed E-state index contributed by atoms with van der Waals surface area (Å²) in [7, 11) is 0. The summed E-state index contributed by atoms with van der Waals surface area (Å²) in [5.41, 5.74) is 3.81. The molecule has 0 aliphatic heterocycles. The SMILES string of the molecule is CC.Cc1ccc2cn(-c3ccc(C#N)cc3)nc2c1. The van der Waals surface area contributed by atoms with Gasteiger partial charge in [-0.15, -0.1) is 0 Å². The van der Waals surface area contributed by atoms with Crippen molar-refractivity contribution in [2.75, 3.05) is 0 Å². The van der Waals surface area contributed by atoms with Crippen LogP contribution in [0.15, 0.2) is 48.7 Å². The van der Waals surface area contributed by atoms with E-state index in [1.807, 2.05) is 36.9 Å². The highest BCUT2D eigenvalue weighted by Crippen LogP contribution is 2.17. The Hall–Kier alpha value is -2.60. The van der Waals surface area contributed by atoms with Crippen LogP contribution in [-0.4, -0.2) is 9.78 Å². The Kier molecular flexibility index (Phi) is 4.17. The minimum absolute atomic E-state index is 0.659. The predicted octanol–water partition coefficient (Wildman–Crippen LogP) is 4.23. The molecule has 20 heavy (non-hydrogen) atoms. The summed E-state index contributed by atoms with van der Waals surface area (Å²) in [5, 5.41) is 14.4. The van der Waals surface area contributed by atoms with E-state index in [9.17, 15) is 0 Å². The molecule has 1 aromatic heterocycles. The fraction of sp³-hybridized carbons (Fsp3) is 0.176. The van der Waals surface area contributed by atoms with Gasteiger partial charge in [-0.25, -0.2) is 4.68 Å². The van der Waals surface area contributed by atoms with Gasteiger partial charge in [0.25, 0.3) is 0 Å². The van der Waals surface area contributed by atoms with Crippen LogP contribution in [0.25, 0.3) is 16.6 Å². The number of benzene rings is 2. The summed E-state index contributed by atoms with van der Waals surface area (Å²) in [4.78, 5) is 0. The highest BCUT2D eigenvalue weighted by Gasteiger charge is 2.02. The lowest BCUT2D eigenvalue weighted by molar-refractivity contribution is 0.896. The van der Waals surface area contributed by atoms with Crippen molar-refractivity contribution in [2.45, 2.75) is 20.8 Å². The zero-order valence-electron chi connectivity index (χ0n) is 12.0. The van der Waals surface area contributed by atoms with Crippen molar-refractivity contribution in [1.29, 1.82) is 5.26 Å². The molecular formula is C17H17N3. The molecule has 0 fully saturated rings. The molecule has 0 N–H and O–H groups in total. The van der Waals surface area contributed by atoms with Crippen molar-refractivity contribution in [3.05, 3.63) is 59.8 Å². The van der Waals surface area contributed by atoms with Crippen LogP contribution in [0.5, 0.6) is 0 Å². The fourth-order valence-electron chi connectivity index (χ4n) is 1.95. The van der Waals surface area contributed by atoms with Gasteiger partial charge in [-0.2, -0.15) is 10.4 Å². The first-order valence-corrected chi connectivity index (χ1v) is 6.73. The average molecular weight is 263 g/mol. The van der Waals surface area contributed by atoms with Gasteiger partial charge in [0.1, 0.15) is 0 Å². The van der Waals surface area contributed by atoms with Gasteiger partial charge in [-0.05, 0) is 42.8 Å². The van der Waals surface area contributed by atoms with Gasteiger partial charge in [0.2, 0.25) is 0 Å². The Morgan fingerprint density at radius 2 is 1.75 bits per heavy atom.